The molecule has 29 heavy (non-hydrogen) atoms. The number of aryl methyl sites for hydroxylation is 1. The minimum atomic E-state index is -0.168. The highest BCUT2D eigenvalue weighted by atomic mass is 35.5. The van der Waals surface area contributed by atoms with Crippen LogP contribution in [0, 0.1) is 12.8 Å². The third-order valence-electron chi connectivity index (χ3n) is 5.24. The normalized spacial score (nSPS) is 16.4. The average molecular weight is 415 g/mol. The topological polar surface area (TPSA) is 49.9 Å². The van der Waals surface area contributed by atoms with Crippen molar-refractivity contribution in [3.63, 3.8) is 0 Å². The van der Waals surface area contributed by atoms with Crippen LogP contribution in [-0.4, -0.2) is 54.9 Å². The summed E-state index contributed by atoms with van der Waals surface area (Å²) in [7, 11) is 1.79. The van der Waals surface area contributed by atoms with Crippen LogP contribution >= 0.6 is 11.6 Å². The molecule has 1 unspecified atom stereocenters. The molecule has 0 aromatic heterocycles. The van der Waals surface area contributed by atoms with E-state index in [0.717, 1.165) is 24.2 Å². The van der Waals surface area contributed by atoms with Gasteiger partial charge in [0.2, 0.25) is 5.91 Å². The van der Waals surface area contributed by atoms with E-state index in [0.29, 0.717) is 36.8 Å². The van der Waals surface area contributed by atoms with Gasteiger partial charge in [-0.15, -0.1) is 0 Å². The van der Waals surface area contributed by atoms with Crippen LogP contribution in [0.5, 0.6) is 5.75 Å². The zero-order valence-corrected chi connectivity index (χ0v) is 17.7. The number of benzene rings is 2. The van der Waals surface area contributed by atoms with Crippen LogP contribution < -0.4 is 4.74 Å². The fourth-order valence-electron chi connectivity index (χ4n) is 3.50. The number of halogens is 1. The van der Waals surface area contributed by atoms with E-state index in [1.807, 2.05) is 31.2 Å². The molecule has 0 N–H and O–H groups in total. The third kappa shape index (κ3) is 5.73. The molecule has 1 fully saturated rings. The zero-order chi connectivity index (χ0) is 20.8. The van der Waals surface area contributed by atoms with Crippen molar-refractivity contribution in [3.8, 4) is 5.75 Å². The number of likely N-dealkylation sites (N-methyl/N-ethyl adjacent to an activating group) is 1. The molecular formula is C23H27ClN2O3. The maximum atomic E-state index is 12.8. The zero-order valence-electron chi connectivity index (χ0n) is 16.9. The number of hydrogen-bond donors (Lipinski definition) is 0. The molecule has 2 aromatic rings. The van der Waals surface area contributed by atoms with E-state index in [1.54, 1.807) is 41.1 Å². The first kappa shape index (κ1) is 21.2. The minimum absolute atomic E-state index is 0.00350. The highest BCUT2D eigenvalue weighted by Crippen LogP contribution is 2.21. The summed E-state index contributed by atoms with van der Waals surface area (Å²) < 4.78 is 5.68. The summed E-state index contributed by atoms with van der Waals surface area (Å²) >= 11 is 5.87. The smallest absolute Gasteiger partial charge is 0.253 e. The summed E-state index contributed by atoms with van der Waals surface area (Å²) in [4.78, 5) is 29.1. The Hall–Kier alpha value is -2.53. The van der Waals surface area contributed by atoms with Gasteiger partial charge in [-0.2, -0.15) is 0 Å². The molecule has 3 rings (SSSR count). The van der Waals surface area contributed by atoms with Gasteiger partial charge in [-0.3, -0.25) is 9.59 Å². The first-order valence-electron chi connectivity index (χ1n) is 9.93. The van der Waals surface area contributed by atoms with Gasteiger partial charge >= 0.3 is 0 Å². The van der Waals surface area contributed by atoms with Gasteiger partial charge in [-0.25, -0.2) is 0 Å². The van der Waals surface area contributed by atoms with Crippen LogP contribution in [-0.2, 0) is 4.79 Å². The Balaban J connectivity index is 1.50. The molecule has 0 saturated carbocycles. The standard InChI is InChI=1S/C23H27ClN2O3/c1-17-5-7-18(8-6-17)23(28)26-13-3-4-19(16-26)22(27)25(2)14-15-29-21-11-9-20(24)10-12-21/h5-12,19H,3-4,13-16H2,1-2H3. The first-order chi connectivity index (χ1) is 13.9. The van der Waals surface area contributed by atoms with Crippen molar-refractivity contribution in [2.75, 3.05) is 33.3 Å². The number of nitrogens with zero attached hydrogens (tertiary/aromatic N) is 2. The molecule has 2 aromatic carbocycles. The molecule has 6 heteroatoms. The Kier molecular flexibility index (Phi) is 7.15. The van der Waals surface area contributed by atoms with Crippen molar-refractivity contribution >= 4 is 23.4 Å². The molecule has 0 bridgehead atoms. The highest BCUT2D eigenvalue weighted by molar-refractivity contribution is 6.30. The second-order valence-electron chi connectivity index (χ2n) is 7.52. The lowest BCUT2D eigenvalue weighted by atomic mass is 9.96. The monoisotopic (exact) mass is 414 g/mol. The fraction of sp³-hybridized carbons (Fsp3) is 0.391. The Morgan fingerprint density at radius 3 is 2.52 bits per heavy atom. The lowest BCUT2D eigenvalue weighted by Crippen LogP contribution is -2.46. The van der Waals surface area contributed by atoms with Crippen molar-refractivity contribution in [2.45, 2.75) is 19.8 Å². The second kappa shape index (κ2) is 9.79. The molecule has 0 radical (unpaired) electrons. The van der Waals surface area contributed by atoms with Crippen molar-refractivity contribution in [1.82, 2.24) is 9.80 Å². The van der Waals surface area contributed by atoms with Crippen molar-refractivity contribution in [2.24, 2.45) is 5.92 Å². The molecule has 0 aliphatic carbocycles. The first-order valence-corrected chi connectivity index (χ1v) is 10.3. The molecule has 154 valence electrons. The van der Waals surface area contributed by atoms with Gasteiger partial charge in [-0.05, 0) is 56.2 Å². The van der Waals surface area contributed by atoms with E-state index in [-0.39, 0.29) is 17.7 Å². The third-order valence-corrected chi connectivity index (χ3v) is 5.49. The van der Waals surface area contributed by atoms with Gasteiger partial charge in [0.05, 0.1) is 12.5 Å². The Bertz CT molecular complexity index is 836. The number of likely N-dealkylation sites (tertiary alicyclic amines) is 1. The van der Waals surface area contributed by atoms with Gasteiger partial charge in [0.25, 0.3) is 5.91 Å². The Morgan fingerprint density at radius 1 is 1.14 bits per heavy atom. The summed E-state index contributed by atoms with van der Waals surface area (Å²) in [5, 5.41) is 0.659. The second-order valence-corrected chi connectivity index (χ2v) is 7.95. The number of carbonyl (C=O) groups excluding carboxylic acids is 2. The lowest BCUT2D eigenvalue weighted by Gasteiger charge is -2.34. The van der Waals surface area contributed by atoms with Crippen LogP contribution in [0.25, 0.3) is 0 Å². The SMILES string of the molecule is Cc1ccc(C(=O)N2CCCC(C(=O)N(C)CCOc3ccc(Cl)cc3)C2)cc1. The largest absolute Gasteiger partial charge is 0.492 e. The molecule has 1 aliphatic rings. The molecule has 1 aliphatic heterocycles. The predicted octanol–water partition coefficient (Wildman–Crippen LogP) is 4.04. The van der Waals surface area contributed by atoms with Crippen molar-refractivity contribution in [1.29, 1.82) is 0 Å². The quantitative estimate of drug-likeness (QED) is 0.716. The van der Waals surface area contributed by atoms with Crippen LogP contribution in [0.2, 0.25) is 5.02 Å². The summed E-state index contributed by atoms with van der Waals surface area (Å²) in [5.41, 5.74) is 1.80. The van der Waals surface area contributed by atoms with E-state index in [2.05, 4.69) is 0 Å². The van der Waals surface area contributed by atoms with Crippen molar-refractivity contribution < 1.29 is 14.3 Å². The van der Waals surface area contributed by atoms with Crippen LogP contribution in [0.15, 0.2) is 48.5 Å². The van der Waals surface area contributed by atoms with E-state index >= 15 is 0 Å². The van der Waals surface area contributed by atoms with E-state index < -0.39 is 0 Å². The van der Waals surface area contributed by atoms with Gasteiger partial charge in [0.15, 0.2) is 0 Å². The summed E-state index contributed by atoms with van der Waals surface area (Å²) in [6.45, 7) is 4.05. The van der Waals surface area contributed by atoms with Crippen LogP contribution in [0.4, 0.5) is 0 Å². The molecule has 1 atom stereocenters. The maximum absolute atomic E-state index is 12.8. The number of hydrogen-bond acceptors (Lipinski definition) is 3. The van der Waals surface area contributed by atoms with E-state index in [9.17, 15) is 9.59 Å². The number of rotatable bonds is 6. The van der Waals surface area contributed by atoms with Crippen molar-refractivity contribution in [3.05, 3.63) is 64.7 Å². The lowest BCUT2D eigenvalue weighted by molar-refractivity contribution is -0.135. The molecule has 1 heterocycles. The van der Waals surface area contributed by atoms with Gasteiger partial charge in [0, 0.05) is 30.7 Å². The Morgan fingerprint density at radius 2 is 1.83 bits per heavy atom. The number of carbonyl (C=O) groups is 2. The fourth-order valence-corrected chi connectivity index (χ4v) is 3.62. The number of ether oxygens (including phenoxy) is 1. The van der Waals surface area contributed by atoms with Gasteiger partial charge in [-0.1, -0.05) is 29.3 Å². The van der Waals surface area contributed by atoms with E-state index in [4.69, 9.17) is 16.3 Å². The number of amides is 2. The summed E-state index contributed by atoms with van der Waals surface area (Å²) in [6.07, 6.45) is 1.64. The summed E-state index contributed by atoms with van der Waals surface area (Å²) in [6, 6.07) is 14.7. The van der Waals surface area contributed by atoms with Crippen LogP contribution in [0.1, 0.15) is 28.8 Å². The molecular weight excluding hydrogens is 388 g/mol. The molecule has 2 amide bonds. The molecule has 0 spiro atoms. The van der Waals surface area contributed by atoms with Crippen LogP contribution in [0.3, 0.4) is 0 Å². The summed E-state index contributed by atoms with van der Waals surface area (Å²) in [5.74, 6) is 0.615. The highest BCUT2D eigenvalue weighted by Gasteiger charge is 2.30. The predicted molar refractivity (Wildman–Crippen MR) is 114 cm³/mol. The maximum Gasteiger partial charge on any atom is 0.253 e. The van der Waals surface area contributed by atoms with E-state index in [1.165, 1.54) is 0 Å². The Labute approximate surface area is 177 Å². The molecule has 5 nitrogen and oxygen atoms in total. The number of piperidine rings is 1. The molecule has 1 saturated heterocycles. The van der Waals surface area contributed by atoms with Gasteiger partial charge in [0.1, 0.15) is 12.4 Å². The minimum Gasteiger partial charge on any atom is -0.492 e. The average Bonchev–Trinajstić information content (AvgIpc) is 2.74. The van der Waals surface area contributed by atoms with Gasteiger partial charge < -0.3 is 14.5 Å².